The minimum Gasteiger partial charge on any atom is -0.494 e. The third-order valence-corrected chi connectivity index (χ3v) is 4.66. The normalized spacial score (nSPS) is 10.7. The molecule has 0 radical (unpaired) electrons. The largest absolute Gasteiger partial charge is 0.494 e. The lowest BCUT2D eigenvalue weighted by Crippen LogP contribution is -2.03. The Morgan fingerprint density at radius 1 is 1.09 bits per heavy atom. The molecule has 0 amide bonds. The molecule has 0 aliphatic carbocycles. The van der Waals surface area contributed by atoms with E-state index in [-0.39, 0.29) is 5.78 Å². The first-order valence-electron chi connectivity index (χ1n) is 7.26. The molecule has 0 atom stereocenters. The van der Waals surface area contributed by atoms with E-state index in [0.29, 0.717) is 22.8 Å². The van der Waals surface area contributed by atoms with Crippen LogP contribution in [0.1, 0.15) is 22.8 Å². The van der Waals surface area contributed by atoms with Gasteiger partial charge in [-0.05, 0) is 42.6 Å². The second-order valence-corrected chi connectivity index (χ2v) is 6.28. The van der Waals surface area contributed by atoms with Crippen LogP contribution in [0, 0.1) is 0 Å². The Labute approximate surface area is 148 Å². The second kappa shape index (κ2) is 6.73. The molecule has 3 aromatic rings. The predicted molar refractivity (Wildman–Crippen MR) is 97.7 cm³/mol. The van der Waals surface area contributed by atoms with Gasteiger partial charge >= 0.3 is 0 Å². The number of carbonyl (C=O) groups excluding carboxylic acids is 1. The van der Waals surface area contributed by atoms with Gasteiger partial charge in [-0.2, -0.15) is 0 Å². The molecule has 0 heterocycles. The minimum atomic E-state index is -0.107. The van der Waals surface area contributed by atoms with Gasteiger partial charge in [-0.1, -0.05) is 51.8 Å². The van der Waals surface area contributed by atoms with E-state index in [9.17, 15) is 4.79 Å². The summed E-state index contributed by atoms with van der Waals surface area (Å²) in [6, 6.07) is 16.6. The summed E-state index contributed by atoms with van der Waals surface area (Å²) in [6.45, 7) is 2.52. The van der Waals surface area contributed by atoms with Crippen LogP contribution in [0.25, 0.3) is 10.8 Å². The number of benzene rings is 3. The quantitative estimate of drug-likeness (QED) is 0.520. The molecule has 0 unspecified atom stereocenters. The highest BCUT2D eigenvalue weighted by Crippen LogP contribution is 2.34. The second-order valence-electron chi connectivity index (χ2n) is 5.05. The van der Waals surface area contributed by atoms with Gasteiger partial charge in [0.15, 0.2) is 5.78 Å². The number of hydrogen-bond donors (Lipinski definition) is 0. The van der Waals surface area contributed by atoms with Gasteiger partial charge in [0, 0.05) is 21.0 Å². The zero-order valence-corrected chi connectivity index (χ0v) is 14.8. The molecule has 23 heavy (non-hydrogen) atoms. The van der Waals surface area contributed by atoms with Crippen LogP contribution in [-0.2, 0) is 0 Å². The molecule has 0 aromatic heterocycles. The van der Waals surface area contributed by atoms with Crippen LogP contribution in [0.15, 0.2) is 59.1 Å². The summed E-state index contributed by atoms with van der Waals surface area (Å²) in [5.74, 6) is 0.638. The molecule has 0 N–H and O–H groups in total. The molecule has 116 valence electrons. The molecule has 3 rings (SSSR count). The van der Waals surface area contributed by atoms with Gasteiger partial charge < -0.3 is 4.74 Å². The Kier molecular flexibility index (Phi) is 4.69. The van der Waals surface area contributed by atoms with Crippen LogP contribution in [0.4, 0.5) is 0 Å². The number of ketones is 1. The molecule has 0 fully saturated rings. The third kappa shape index (κ3) is 3.12. The fourth-order valence-electron chi connectivity index (χ4n) is 2.49. The molecule has 4 heteroatoms. The fraction of sp³-hybridized carbons (Fsp3) is 0.105. The van der Waals surface area contributed by atoms with E-state index in [0.717, 1.165) is 21.0 Å². The zero-order chi connectivity index (χ0) is 16.4. The lowest BCUT2D eigenvalue weighted by molar-refractivity contribution is 0.103. The molecule has 0 bridgehead atoms. The molecular formula is C19H14BrClO2. The van der Waals surface area contributed by atoms with E-state index in [1.165, 1.54) is 0 Å². The first-order chi connectivity index (χ1) is 11.1. The van der Waals surface area contributed by atoms with Crippen molar-refractivity contribution in [2.24, 2.45) is 0 Å². The third-order valence-electron chi connectivity index (χ3n) is 3.60. The van der Waals surface area contributed by atoms with E-state index in [4.69, 9.17) is 16.3 Å². The van der Waals surface area contributed by atoms with Crippen molar-refractivity contribution in [3.8, 4) is 5.75 Å². The van der Waals surface area contributed by atoms with E-state index in [2.05, 4.69) is 15.9 Å². The molecule has 2 nitrogen and oxygen atoms in total. The summed E-state index contributed by atoms with van der Waals surface area (Å²) in [5.41, 5.74) is 1.07. The number of hydrogen-bond acceptors (Lipinski definition) is 2. The van der Waals surface area contributed by atoms with Crippen molar-refractivity contribution in [3.63, 3.8) is 0 Å². The summed E-state index contributed by atoms with van der Waals surface area (Å²) in [5, 5.41) is 2.32. The van der Waals surface area contributed by atoms with Crippen LogP contribution in [0.5, 0.6) is 5.75 Å². The SMILES string of the molecule is CCOc1ccc(C(=O)c2cc(Br)c3ccccc3c2Cl)cc1. The van der Waals surface area contributed by atoms with Gasteiger partial charge in [-0.25, -0.2) is 0 Å². The van der Waals surface area contributed by atoms with Crippen molar-refractivity contribution < 1.29 is 9.53 Å². The minimum absolute atomic E-state index is 0.107. The topological polar surface area (TPSA) is 26.3 Å². The smallest absolute Gasteiger partial charge is 0.194 e. The van der Waals surface area contributed by atoms with Crippen molar-refractivity contribution in [1.82, 2.24) is 0 Å². The Bertz CT molecular complexity index is 872. The summed E-state index contributed by atoms with van der Waals surface area (Å²) in [4.78, 5) is 12.8. The summed E-state index contributed by atoms with van der Waals surface area (Å²) >= 11 is 10.00. The van der Waals surface area contributed by atoms with Gasteiger partial charge in [0.05, 0.1) is 11.6 Å². The zero-order valence-electron chi connectivity index (χ0n) is 12.5. The molecule has 0 aliphatic rings. The summed E-state index contributed by atoms with van der Waals surface area (Å²) in [7, 11) is 0. The van der Waals surface area contributed by atoms with Crippen molar-refractivity contribution in [1.29, 1.82) is 0 Å². The number of rotatable bonds is 4. The fourth-order valence-corrected chi connectivity index (χ4v) is 3.37. The predicted octanol–water partition coefficient (Wildman–Crippen LogP) is 5.89. The maximum atomic E-state index is 12.8. The Morgan fingerprint density at radius 2 is 1.74 bits per heavy atom. The van der Waals surface area contributed by atoms with Crippen LogP contribution in [-0.4, -0.2) is 12.4 Å². The average Bonchev–Trinajstić information content (AvgIpc) is 2.58. The Balaban J connectivity index is 2.05. The molecular weight excluding hydrogens is 376 g/mol. The summed E-state index contributed by atoms with van der Waals surface area (Å²) in [6.07, 6.45) is 0. The van der Waals surface area contributed by atoms with Crippen LogP contribution in [0.3, 0.4) is 0 Å². The first-order valence-corrected chi connectivity index (χ1v) is 8.43. The van der Waals surface area contributed by atoms with E-state index >= 15 is 0 Å². The lowest BCUT2D eigenvalue weighted by atomic mass is 9.99. The molecule has 0 saturated heterocycles. The van der Waals surface area contributed by atoms with Crippen molar-refractivity contribution >= 4 is 44.1 Å². The maximum Gasteiger partial charge on any atom is 0.194 e. The first kappa shape index (κ1) is 16.0. The van der Waals surface area contributed by atoms with Gasteiger partial charge in [-0.15, -0.1) is 0 Å². The monoisotopic (exact) mass is 388 g/mol. The van der Waals surface area contributed by atoms with Crippen LogP contribution < -0.4 is 4.74 Å². The Morgan fingerprint density at radius 3 is 2.39 bits per heavy atom. The molecule has 0 aliphatic heterocycles. The standard InChI is InChI=1S/C19H14BrClO2/c1-2-23-13-9-7-12(8-10-13)19(22)16-11-17(20)14-5-3-4-6-15(14)18(16)21/h3-11H,2H2,1H3. The number of halogens is 2. The molecule has 3 aromatic carbocycles. The van der Waals surface area contributed by atoms with Gasteiger partial charge in [-0.3, -0.25) is 4.79 Å². The van der Waals surface area contributed by atoms with E-state index < -0.39 is 0 Å². The Hall–Kier alpha value is -1.84. The maximum absolute atomic E-state index is 12.8. The van der Waals surface area contributed by atoms with Crippen molar-refractivity contribution in [2.75, 3.05) is 6.61 Å². The number of ether oxygens (including phenoxy) is 1. The highest BCUT2D eigenvalue weighted by Gasteiger charge is 2.17. The van der Waals surface area contributed by atoms with Gasteiger partial charge in [0.25, 0.3) is 0 Å². The van der Waals surface area contributed by atoms with Crippen LogP contribution >= 0.6 is 27.5 Å². The van der Waals surface area contributed by atoms with Crippen molar-refractivity contribution in [2.45, 2.75) is 6.92 Å². The number of fused-ring (bicyclic) bond motifs is 1. The van der Waals surface area contributed by atoms with Crippen LogP contribution in [0.2, 0.25) is 5.02 Å². The van der Waals surface area contributed by atoms with Crippen molar-refractivity contribution in [3.05, 3.63) is 75.2 Å². The average molecular weight is 390 g/mol. The molecule has 0 saturated carbocycles. The highest BCUT2D eigenvalue weighted by molar-refractivity contribution is 9.10. The van der Waals surface area contributed by atoms with E-state index in [1.807, 2.05) is 31.2 Å². The van der Waals surface area contributed by atoms with E-state index in [1.54, 1.807) is 30.3 Å². The molecule has 0 spiro atoms. The van der Waals surface area contributed by atoms with Gasteiger partial charge in [0.2, 0.25) is 0 Å². The number of carbonyl (C=O) groups is 1. The van der Waals surface area contributed by atoms with Gasteiger partial charge in [0.1, 0.15) is 5.75 Å². The highest BCUT2D eigenvalue weighted by atomic mass is 79.9. The lowest BCUT2D eigenvalue weighted by Gasteiger charge is -2.10. The summed E-state index contributed by atoms with van der Waals surface area (Å²) < 4.78 is 6.26.